The second-order valence-corrected chi connectivity index (χ2v) is 14.1. The van der Waals surface area contributed by atoms with Crippen LogP contribution in [-0.4, -0.2) is 22.9 Å². The summed E-state index contributed by atoms with van der Waals surface area (Å²) in [6, 6.07) is 0. The van der Waals surface area contributed by atoms with Gasteiger partial charge in [0.05, 0.1) is 12.2 Å². The van der Waals surface area contributed by atoms with E-state index in [2.05, 4.69) is 34.6 Å². The molecule has 13 atom stereocenters. The zero-order chi connectivity index (χ0) is 21.8. The number of aliphatic hydroxyl groups excluding tert-OH is 1. The summed E-state index contributed by atoms with van der Waals surface area (Å²) < 4.78 is 6.53. The Morgan fingerprint density at radius 3 is 2.42 bits per heavy atom. The molecule has 2 heteroatoms. The first-order valence-electron chi connectivity index (χ1n) is 14.1. The maximum atomic E-state index is 10.4. The van der Waals surface area contributed by atoms with Crippen LogP contribution in [0.25, 0.3) is 0 Å². The van der Waals surface area contributed by atoms with E-state index in [1.54, 1.807) is 0 Å². The lowest BCUT2D eigenvalue weighted by molar-refractivity contribution is -0.116. The van der Waals surface area contributed by atoms with E-state index in [1.807, 2.05) is 0 Å². The largest absolute Gasteiger partial charge is 0.393 e. The molecule has 1 aliphatic heterocycles. The van der Waals surface area contributed by atoms with E-state index in [-0.39, 0.29) is 11.7 Å². The fraction of sp³-hybridized carbons (Fsp3) is 1.00. The van der Waals surface area contributed by atoms with Crippen LogP contribution in [0.2, 0.25) is 0 Å². The van der Waals surface area contributed by atoms with Crippen LogP contribution in [0.3, 0.4) is 0 Å². The molecule has 1 spiro atoms. The summed E-state index contributed by atoms with van der Waals surface area (Å²) >= 11 is 0. The second-order valence-electron chi connectivity index (χ2n) is 14.1. The molecule has 5 aliphatic carbocycles. The van der Waals surface area contributed by atoms with Gasteiger partial charge in [-0.05, 0) is 104 Å². The van der Waals surface area contributed by atoms with Gasteiger partial charge in [-0.25, -0.2) is 0 Å². The molecule has 2 nitrogen and oxygen atoms in total. The highest BCUT2D eigenvalue weighted by Gasteiger charge is 2.76. The molecule has 5 saturated carbocycles. The van der Waals surface area contributed by atoms with E-state index in [1.165, 1.54) is 57.8 Å². The first kappa shape index (κ1) is 21.5. The highest BCUT2D eigenvalue weighted by Crippen LogP contribution is 2.74. The smallest absolute Gasteiger partial charge is 0.103 e. The maximum absolute atomic E-state index is 10.4. The number of epoxide rings is 1. The van der Waals surface area contributed by atoms with E-state index in [0.29, 0.717) is 16.9 Å². The molecule has 0 amide bonds. The summed E-state index contributed by atoms with van der Waals surface area (Å²) in [5.74, 6) is 7.44. The highest BCUT2D eigenvalue weighted by atomic mass is 16.6. The first-order valence-corrected chi connectivity index (χ1v) is 14.1. The van der Waals surface area contributed by atoms with Gasteiger partial charge in [-0.3, -0.25) is 0 Å². The van der Waals surface area contributed by atoms with Crippen molar-refractivity contribution >= 4 is 0 Å². The number of ether oxygens (including phenoxy) is 1. The van der Waals surface area contributed by atoms with Gasteiger partial charge in [0.15, 0.2) is 0 Å². The SMILES string of the molecule is C[C@H](CC[C@@H](C)[C@H]1CC[C@H]2[C@@H]3C[C@H]4O[C@]45C[C@@H](O)CC[C@]5(C)[C@H]3CC[C@]12C)[C@@H]1C[C@H]1C. The standard InChI is InChI=1S/C29H48O2/c1-17(21-14-19(21)3)6-7-18(2)23-8-9-24-22-15-26-29(31-26)16-20(30)10-13-28(29,5)25(22)11-12-27(23,24)4/h17-26,30H,6-16H2,1-5H3/t17-,18-,19-,20+,21+,22+,23-,24+,25+,26-,27-,28-,29-/m1/s1. The summed E-state index contributed by atoms with van der Waals surface area (Å²) in [6.45, 7) is 12.8. The van der Waals surface area contributed by atoms with Crippen LogP contribution in [0.5, 0.6) is 0 Å². The van der Waals surface area contributed by atoms with Crippen LogP contribution in [0.15, 0.2) is 0 Å². The van der Waals surface area contributed by atoms with Crippen molar-refractivity contribution in [2.75, 3.05) is 0 Å². The van der Waals surface area contributed by atoms with Gasteiger partial charge in [-0.1, -0.05) is 47.5 Å². The van der Waals surface area contributed by atoms with Gasteiger partial charge in [0, 0.05) is 11.8 Å². The Labute approximate surface area is 191 Å². The average Bonchev–Trinajstić information content (AvgIpc) is 3.59. The normalized spacial score (nSPS) is 59.0. The van der Waals surface area contributed by atoms with E-state index >= 15 is 0 Å². The quantitative estimate of drug-likeness (QED) is 0.486. The van der Waals surface area contributed by atoms with Crippen molar-refractivity contribution in [3.8, 4) is 0 Å². The Hall–Kier alpha value is -0.0800. The predicted octanol–water partition coefficient (Wildman–Crippen LogP) is 6.85. The summed E-state index contributed by atoms with van der Waals surface area (Å²) in [5, 5.41) is 10.4. The van der Waals surface area contributed by atoms with Gasteiger partial charge in [0.2, 0.25) is 0 Å². The van der Waals surface area contributed by atoms with Crippen molar-refractivity contribution in [2.24, 2.45) is 58.2 Å². The number of rotatable bonds is 5. The monoisotopic (exact) mass is 428 g/mol. The van der Waals surface area contributed by atoms with E-state index in [0.717, 1.165) is 60.2 Å². The summed E-state index contributed by atoms with van der Waals surface area (Å²) in [7, 11) is 0. The third-order valence-corrected chi connectivity index (χ3v) is 12.8. The number of hydrogen-bond donors (Lipinski definition) is 1. The fourth-order valence-electron chi connectivity index (χ4n) is 10.7. The minimum Gasteiger partial charge on any atom is -0.393 e. The zero-order valence-corrected chi connectivity index (χ0v) is 20.9. The van der Waals surface area contributed by atoms with E-state index < -0.39 is 0 Å². The Bertz CT molecular complexity index is 720. The zero-order valence-electron chi connectivity index (χ0n) is 20.9. The molecule has 0 radical (unpaired) electrons. The van der Waals surface area contributed by atoms with Crippen LogP contribution >= 0.6 is 0 Å². The van der Waals surface area contributed by atoms with Gasteiger partial charge < -0.3 is 9.84 Å². The van der Waals surface area contributed by atoms with Crippen molar-refractivity contribution < 1.29 is 9.84 Å². The molecule has 31 heavy (non-hydrogen) atoms. The lowest BCUT2D eigenvalue weighted by Crippen LogP contribution is -2.58. The third kappa shape index (κ3) is 2.95. The third-order valence-electron chi connectivity index (χ3n) is 12.8. The molecule has 0 aromatic rings. The van der Waals surface area contributed by atoms with Crippen LogP contribution in [-0.2, 0) is 4.74 Å². The maximum Gasteiger partial charge on any atom is 0.103 e. The average molecular weight is 429 g/mol. The summed E-state index contributed by atoms with van der Waals surface area (Å²) in [5.41, 5.74) is 0.929. The molecule has 0 aromatic heterocycles. The minimum absolute atomic E-state index is 0.0426. The van der Waals surface area contributed by atoms with Crippen molar-refractivity contribution in [3.63, 3.8) is 0 Å². The minimum atomic E-state index is -0.124. The lowest BCUT2D eigenvalue weighted by Gasteiger charge is -2.59. The molecule has 6 aliphatic rings. The van der Waals surface area contributed by atoms with E-state index in [4.69, 9.17) is 4.74 Å². The fourth-order valence-corrected chi connectivity index (χ4v) is 10.7. The van der Waals surface area contributed by atoms with Gasteiger partial charge >= 0.3 is 0 Å². The van der Waals surface area contributed by atoms with Crippen molar-refractivity contribution in [3.05, 3.63) is 0 Å². The molecule has 6 fully saturated rings. The Balaban J connectivity index is 1.17. The number of hydrogen-bond acceptors (Lipinski definition) is 2. The molecule has 0 aromatic carbocycles. The molecule has 0 bridgehead atoms. The molecule has 1 heterocycles. The molecule has 0 unspecified atom stereocenters. The predicted molar refractivity (Wildman–Crippen MR) is 126 cm³/mol. The van der Waals surface area contributed by atoms with Gasteiger partial charge in [0.25, 0.3) is 0 Å². The molecule has 1 N–H and O–H groups in total. The number of fused-ring (bicyclic) bond motifs is 4. The summed E-state index contributed by atoms with van der Waals surface area (Å²) in [6.07, 6.45) is 14.9. The van der Waals surface area contributed by atoms with Crippen LogP contribution in [0, 0.1) is 58.2 Å². The van der Waals surface area contributed by atoms with Gasteiger partial charge in [-0.2, -0.15) is 0 Å². The molecular weight excluding hydrogens is 380 g/mol. The molecule has 6 rings (SSSR count). The van der Waals surface area contributed by atoms with Crippen LogP contribution < -0.4 is 0 Å². The lowest BCUT2D eigenvalue weighted by atomic mass is 9.44. The van der Waals surface area contributed by atoms with Crippen molar-refractivity contribution in [2.45, 2.75) is 123 Å². The Morgan fingerprint density at radius 1 is 0.935 bits per heavy atom. The Kier molecular flexibility index (Phi) is 4.82. The topological polar surface area (TPSA) is 32.8 Å². The van der Waals surface area contributed by atoms with Gasteiger partial charge in [0.1, 0.15) is 5.60 Å². The highest BCUT2D eigenvalue weighted by molar-refractivity contribution is 5.24. The van der Waals surface area contributed by atoms with Crippen molar-refractivity contribution in [1.29, 1.82) is 0 Å². The Morgan fingerprint density at radius 2 is 1.68 bits per heavy atom. The molecule has 1 saturated heterocycles. The van der Waals surface area contributed by atoms with Crippen LogP contribution in [0.1, 0.15) is 105 Å². The van der Waals surface area contributed by atoms with E-state index in [9.17, 15) is 5.11 Å². The van der Waals surface area contributed by atoms with Gasteiger partial charge in [-0.15, -0.1) is 0 Å². The van der Waals surface area contributed by atoms with Crippen molar-refractivity contribution in [1.82, 2.24) is 0 Å². The second kappa shape index (κ2) is 6.97. The van der Waals surface area contributed by atoms with Crippen LogP contribution in [0.4, 0.5) is 0 Å². The molecular formula is C29H48O2. The molecule has 176 valence electrons. The first-order chi connectivity index (χ1) is 14.7. The summed E-state index contributed by atoms with van der Waals surface area (Å²) in [4.78, 5) is 0. The number of aliphatic hydroxyl groups is 1.